The molecular weight excluding hydrogens is 298 g/mol. The Morgan fingerprint density at radius 2 is 1.75 bits per heavy atom. The number of benzene rings is 1. The van der Waals surface area contributed by atoms with Gasteiger partial charge in [0.15, 0.2) is 0 Å². The quantitative estimate of drug-likeness (QED) is 0.851. The van der Waals surface area contributed by atoms with Crippen LogP contribution in [0.3, 0.4) is 0 Å². The van der Waals surface area contributed by atoms with E-state index in [-0.39, 0.29) is 17.2 Å². The van der Waals surface area contributed by atoms with Crippen molar-refractivity contribution < 1.29 is 4.79 Å². The van der Waals surface area contributed by atoms with E-state index >= 15 is 0 Å². The lowest BCUT2D eigenvalue weighted by molar-refractivity contribution is -0.118. The highest BCUT2D eigenvalue weighted by atomic mass is 16.2. The van der Waals surface area contributed by atoms with Gasteiger partial charge in [0.1, 0.15) is 0 Å². The fourth-order valence-corrected chi connectivity index (χ4v) is 3.38. The minimum Gasteiger partial charge on any atom is -0.326 e. The second kappa shape index (κ2) is 5.69. The van der Waals surface area contributed by atoms with E-state index in [1.807, 2.05) is 32.0 Å². The molecule has 0 spiro atoms. The number of fused-ring (bicyclic) bond motifs is 1. The van der Waals surface area contributed by atoms with Gasteiger partial charge in [-0.05, 0) is 57.2 Å². The van der Waals surface area contributed by atoms with E-state index in [1.54, 1.807) is 0 Å². The summed E-state index contributed by atoms with van der Waals surface area (Å²) in [6.07, 6.45) is 2.21. The van der Waals surface area contributed by atoms with Crippen molar-refractivity contribution >= 4 is 22.6 Å². The molecule has 1 saturated carbocycles. The lowest BCUT2D eigenvalue weighted by Crippen LogP contribution is -2.16. The van der Waals surface area contributed by atoms with Crippen molar-refractivity contribution in [2.24, 2.45) is 17.3 Å². The van der Waals surface area contributed by atoms with Gasteiger partial charge in [-0.3, -0.25) is 4.79 Å². The van der Waals surface area contributed by atoms with Gasteiger partial charge in [0.25, 0.3) is 0 Å². The van der Waals surface area contributed by atoms with Crippen molar-refractivity contribution in [2.45, 2.75) is 41.5 Å². The number of allylic oxidation sites excluding steroid dienone is 2. The van der Waals surface area contributed by atoms with Crippen LogP contribution in [0.25, 0.3) is 11.0 Å². The molecule has 1 heterocycles. The number of anilines is 1. The van der Waals surface area contributed by atoms with E-state index in [4.69, 9.17) is 0 Å². The predicted octanol–water partition coefficient (Wildman–Crippen LogP) is 4.42. The van der Waals surface area contributed by atoms with E-state index < -0.39 is 0 Å². The number of nitrogens with one attached hydrogen (secondary N) is 1. The van der Waals surface area contributed by atoms with Crippen LogP contribution in [0.1, 0.15) is 39.1 Å². The molecule has 126 valence electrons. The Balaban J connectivity index is 1.81. The van der Waals surface area contributed by atoms with Crippen LogP contribution in [0.15, 0.2) is 29.8 Å². The molecule has 4 heteroatoms. The maximum atomic E-state index is 12.7. The van der Waals surface area contributed by atoms with Crippen molar-refractivity contribution in [3.05, 3.63) is 41.2 Å². The maximum absolute atomic E-state index is 12.7. The zero-order valence-corrected chi connectivity index (χ0v) is 15.3. The molecule has 1 aromatic carbocycles. The molecule has 24 heavy (non-hydrogen) atoms. The van der Waals surface area contributed by atoms with Crippen LogP contribution in [0.4, 0.5) is 5.69 Å². The van der Waals surface area contributed by atoms with Crippen LogP contribution in [0, 0.1) is 31.1 Å². The van der Waals surface area contributed by atoms with Crippen LogP contribution >= 0.6 is 0 Å². The van der Waals surface area contributed by atoms with Gasteiger partial charge in [-0.1, -0.05) is 25.5 Å². The molecule has 1 aliphatic rings. The number of carbonyl (C=O) groups is 1. The summed E-state index contributed by atoms with van der Waals surface area (Å²) in [5, 5.41) is 3.05. The summed E-state index contributed by atoms with van der Waals surface area (Å²) in [4.78, 5) is 21.8. The number of hydrogen-bond acceptors (Lipinski definition) is 3. The summed E-state index contributed by atoms with van der Waals surface area (Å²) in [6, 6.07) is 5.71. The zero-order chi connectivity index (χ0) is 17.6. The molecule has 0 bridgehead atoms. The first-order chi connectivity index (χ1) is 11.2. The average molecular weight is 323 g/mol. The first-order valence-electron chi connectivity index (χ1n) is 8.41. The highest BCUT2D eigenvalue weighted by Crippen LogP contribution is 2.59. The number of carbonyl (C=O) groups excluding carboxylic acids is 1. The molecule has 0 radical (unpaired) electrons. The molecular formula is C20H25N3O. The summed E-state index contributed by atoms with van der Waals surface area (Å²) in [5.41, 5.74) is 5.57. The van der Waals surface area contributed by atoms with Crippen molar-refractivity contribution in [1.29, 1.82) is 0 Å². The lowest BCUT2D eigenvalue weighted by Gasteiger charge is -2.08. The third kappa shape index (κ3) is 2.93. The normalized spacial score (nSPS) is 21.4. The first-order valence-corrected chi connectivity index (χ1v) is 8.41. The van der Waals surface area contributed by atoms with Gasteiger partial charge in [0, 0.05) is 5.69 Å². The highest BCUT2D eigenvalue weighted by Gasteiger charge is 2.60. The molecule has 0 aliphatic heterocycles. The van der Waals surface area contributed by atoms with Gasteiger partial charge in [0.05, 0.1) is 28.3 Å². The Morgan fingerprint density at radius 1 is 1.12 bits per heavy atom. The Kier molecular flexibility index (Phi) is 3.94. The van der Waals surface area contributed by atoms with Crippen LogP contribution in [0.2, 0.25) is 0 Å². The second-order valence-corrected chi connectivity index (χ2v) is 7.66. The fourth-order valence-electron chi connectivity index (χ4n) is 3.38. The highest BCUT2D eigenvalue weighted by molar-refractivity contribution is 5.97. The summed E-state index contributed by atoms with van der Waals surface area (Å²) >= 11 is 0. The number of aromatic nitrogens is 2. The van der Waals surface area contributed by atoms with Gasteiger partial charge >= 0.3 is 0 Å². The molecule has 2 atom stereocenters. The molecule has 1 fully saturated rings. The lowest BCUT2D eigenvalue weighted by atomic mass is 10.1. The zero-order valence-electron chi connectivity index (χ0n) is 15.3. The Morgan fingerprint density at radius 3 is 2.38 bits per heavy atom. The molecule has 4 nitrogen and oxygen atoms in total. The maximum Gasteiger partial charge on any atom is 0.228 e. The molecule has 0 unspecified atom stereocenters. The second-order valence-electron chi connectivity index (χ2n) is 7.66. The SMILES string of the molecule is CC(C)=C[C@H]1[C@H](C(=O)Nc2ccc3nc(C)c(C)nc3c2)C1(C)C. The number of aryl methyl sites for hydroxylation is 2. The average Bonchev–Trinajstić information content (AvgIpc) is 3.00. The summed E-state index contributed by atoms with van der Waals surface area (Å²) in [6.45, 7) is 12.4. The van der Waals surface area contributed by atoms with Gasteiger partial charge in [-0.2, -0.15) is 0 Å². The Bertz CT molecular complexity index is 847. The Labute approximate surface area is 143 Å². The molecule has 1 N–H and O–H groups in total. The van der Waals surface area contributed by atoms with Crippen molar-refractivity contribution in [3.8, 4) is 0 Å². The van der Waals surface area contributed by atoms with Crippen molar-refractivity contribution in [2.75, 3.05) is 5.32 Å². The topological polar surface area (TPSA) is 54.9 Å². The number of rotatable bonds is 3. The van der Waals surface area contributed by atoms with Gasteiger partial charge in [-0.15, -0.1) is 0 Å². The van der Waals surface area contributed by atoms with Gasteiger partial charge in [0.2, 0.25) is 5.91 Å². The van der Waals surface area contributed by atoms with Crippen molar-refractivity contribution in [3.63, 3.8) is 0 Å². The first kappa shape index (κ1) is 16.6. The van der Waals surface area contributed by atoms with Crippen LogP contribution in [-0.4, -0.2) is 15.9 Å². The predicted molar refractivity (Wildman–Crippen MR) is 97.8 cm³/mol. The van der Waals surface area contributed by atoms with E-state index in [0.29, 0.717) is 5.92 Å². The largest absolute Gasteiger partial charge is 0.326 e. The van der Waals surface area contributed by atoms with Crippen molar-refractivity contribution in [1.82, 2.24) is 9.97 Å². The minimum absolute atomic E-state index is 0.0196. The van der Waals surface area contributed by atoms with Gasteiger partial charge in [-0.25, -0.2) is 9.97 Å². The molecule has 1 amide bonds. The third-order valence-corrected chi connectivity index (χ3v) is 5.05. The standard InChI is InChI=1S/C20H25N3O/c1-11(2)9-15-18(20(15,5)6)19(24)23-14-7-8-16-17(10-14)22-13(4)12(3)21-16/h7-10,15,18H,1-6H3,(H,23,24)/t15-,18+/m0/s1. The van der Waals surface area contributed by atoms with E-state index in [9.17, 15) is 4.79 Å². The Hall–Kier alpha value is -2.23. The molecule has 1 aromatic heterocycles. The van der Waals surface area contributed by atoms with Crippen LogP contribution in [-0.2, 0) is 4.79 Å². The summed E-state index contributed by atoms with van der Waals surface area (Å²) < 4.78 is 0. The fraction of sp³-hybridized carbons (Fsp3) is 0.450. The number of hydrogen-bond donors (Lipinski definition) is 1. The number of nitrogens with zero attached hydrogens (tertiary/aromatic N) is 2. The molecule has 1 aliphatic carbocycles. The van der Waals surface area contributed by atoms with E-state index in [0.717, 1.165) is 28.1 Å². The number of amides is 1. The van der Waals surface area contributed by atoms with E-state index in [1.165, 1.54) is 5.57 Å². The monoisotopic (exact) mass is 323 g/mol. The molecule has 2 aromatic rings. The van der Waals surface area contributed by atoms with Crippen LogP contribution < -0.4 is 5.32 Å². The smallest absolute Gasteiger partial charge is 0.228 e. The molecule has 0 saturated heterocycles. The third-order valence-electron chi connectivity index (χ3n) is 5.05. The van der Waals surface area contributed by atoms with Crippen LogP contribution in [0.5, 0.6) is 0 Å². The van der Waals surface area contributed by atoms with E-state index in [2.05, 4.69) is 49.1 Å². The summed E-state index contributed by atoms with van der Waals surface area (Å²) in [5.74, 6) is 0.417. The molecule has 3 rings (SSSR count). The van der Waals surface area contributed by atoms with Gasteiger partial charge < -0.3 is 5.32 Å². The minimum atomic E-state index is 0.0196. The summed E-state index contributed by atoms with van der Waals surface area (Å²) in [7, 11) is 0.